The Labute approximate surface area is 96.8 Å². The van der Waals surface area contributed by atoms with E-state index in [1.165, 1.54) is 6.07 Å². The van der Waals surface area contributed by atoms with Crippen LogP contribution >= 0.6 is 0 Å². The van der Waals surface area contributed by atoms with Crippen molar-refractivity contribution in [1.82, 2.24) is 5.32 Å². The maximum atomic E-state index is 12.8. The Hall–Kier alpha value is -1.10. The molecule has 1 fully saturated rings. The molecule has 0 amide bonds. The summed E-state index contributed by atoms with van der Waals surface area (Å²) in [6.45, 7) is 0.861. The van der Waals surface area contributed by atoms with E-state index in [2.05, 4.69) is 5.32 Å². The number of alkyl halides is 3. The summed E-state index contributed by atoms with van der Waals surface area (Å²) in [4.78, 5) is 0. The standard InChI is InChI=1S/C12H13F4N/c13-10-4-3-9(7-17-6-8-1-2-8)11(5-10)12(14,15)16/h3-5,8,17H,1-2,6-7H2. The van der Waals surface area contributed by atoms with Gasteiger partial charge in [-0.1, -0.05) is 6.07 Å². The number of rotatable bonds is 4. The second kappa shape index (κ2) is 4.64. The topological polar surface area (TPSA) is 12.0 Å². The fraction of sp³-hybridized carbons (Fsp3) is 0.500. The van der Waals surface area contributed by atoms with E-state index in [9.17, 15) is 17.6 Å². The average Bonchev–Trinajstić information content (AvgIpc) is 3.02. The molecule has 1 saturated carbocycles. The third-order valence-corrected chi connectivity index (χ3v) is 2.82. The molecule has 5 heteroatoms. The molecule has 1 N–H and O–H groups in total. The molecule has 0 saturated heterocycles. The highest BCUT2D eigenvalue weighted by Gasteiger charge is 2.33. The second-order valence-electron chi connectivity index (χ2n) is 4.37. The van der Waals surface area contributed by atoms with Crippen molar-refractivity contribution in [3.05, 3.63) is 35.1 Å². The molecule has 0 atom stereocenters. The lowest BCUT2D eigenvalue weighted by Crippen LogP contribution is -2.19. The summed E-state index contributed by atoms with van der Waals surface area (Å²) in [5, 5.41) is 2.97. The van der Waals surface area contributed by atoms with E-state index in [0.29, 0.717) is 12.0 Å². The molecule has 0 spiro atoms. The van der Waals surface area contributed by atoms with Gasteiger partial charge in [0.1, 0.15) is 5.82 Å². The number of hydrogen-bond acceptors (Lipinski definition) is 1. The van der Waals surface area contributed by atoms with Crippen LogP contribution in [0.5, 0.6) is 0 Å². The first-order valence-electron chi connectivity index (χ1n) is 5.53. The predicted molar refractivity (Wildman–Crippen MR) is 55.8 cm³/mol. The van der Waals surface area contributed by atoms with Gasteiger partial charge in [-0.25, -0.2) is 4.39 Å². The Morgan fingerprint density at radius 2 is 1.94 bits per heavy atom. The van der Waals surface area contributed by atoms with E-state index in [4.69, 9.17) is 0 Å². The minimum atomic E-state index is -4.50. The second-order valence-corrected chi connectivity index (χ2v) is 4.37. The van der Waals surface area contributed by atoms with Crippen LogP contribution in [0.1, 0.15) is 24.0 Å². The summed E-state index contributed by atoms with van der Waals surface area (Å²) in [7, 11) is 0. The first-order chi connectivity index (χ1) is 7.97. The lowest BCUT2D eigenvalue weighted by molar-refractivity contribution is -0.138. The van der Waals surface area contributed by atoms with Gasteiger partial charge in [-0.3, -0.25) is 0 Å². The van der Waals surface area contributed by atoms with Crippen molar-refractivity contribution in [3.63, 3.8) is 0 Å². The quantitative estimate of drug-likeness (QED) is 0.804. The van der Waals surface area contributed by atoms with E-state index in [1.807, 2.05) is 0 Å². The van der Waals surface area contributed by atoms with Crippen LogP contribution in [-0.4, -0.2) is 6.54 Å². The van der Waals surface area contributed by atoms with Gasteiger partial charge in [-0.05, 0) is 43.0 Å². The van der Waals surface area contributed by atoms with Gasteiger partial charge in [-0.15, -0.1) is 0 Å². The van der Waals surface area contributed by atoms with Crippen LogP contribution in [0.15, 0.2) is 18.2 Å². The molecule has 1 nitrogen and oxygen atoms in total. The third kappa shape index (κ3) is 3.43. The highest BCUT2D eigenvalue weighted by atomic mass is 19.4. The van der Waals surface area contributed by atoms with Crippen molar-refractivity contribution in [1.29, 1.82) is 0 Å². The van der Waals surface area contributed by atoms with E-state index in [1.54, 1.807) is 0 Å². The van der Waals surface area contributed by atoms with E-state index >= 15 is 0 Å². The Bertz CT molecular complexity index is 396. The van der Waals surface area contributed by atoms with Gasteiger partial charge in [0.2, 0.25) is 0 Å². The molecular weight excluding hydrogens is 234 g/mol. The van der Waals surface area contributed by atoms with E-state index in [0.717, 1.165) is 25.5 Å². The highest BCUT2D eigenvalue weighted by Crippen LogP contribution is 2.33. The van der Waals surface area contributed by atoms with Crippen molar-refractivity contribution >= 4 is 0 Å². The molecule has 94 valence electrons. The van der Waals surface area contributed by atoms with Crippen molar-refractivity contribution < 1.29 is 17.6 Å². The number of halogens is 4. The molecule has 0 bridgehead atoms. The van der Waals surface area contributed by atoms with Gasteiger partial charge in [0.25, 0.3) is 0 Å². The molecule has 17 heavy (non-hydrogen) atoms. The first kappa shape index (κ1) is 12.4. The molecule has 0 aromatic heterocycles. The zero-order valence-electron chi connectivity index (χ0n) is 9.15. The molecule has 1 aliphatic carbocycles. The lowest BCUT2D eigenvalue weighted by atomic mass is 10.1. The minimum absolute atomic E-state index is 0.0968. The molecule has 1 aliphatic rings. The summed E-state index contributed by atoms with van der Waals surface area (Å²) in [6.07, 6.45) is -2.22. The van der Waals surface area contributed by atoms with Crippen LogP contribution in [0, 0.1) is 11.7 Å². The fourth-order valence-electron chi connectivity index (χ4n) is 1.70. The maximum Gasteiger partial charge on any atom is 0.416 e. The summed E-state index contributed by atoms with van der Waals surface area (Å²) in [5.41, 5.74) is -0.791. The minimum Gasteiger partial charge on any atom is -0.312 e. The number of benzene rings is 1. The Kier molecular flexibility index (Phi) is 3.38. The van der Waals surface area contributed by atoms with Gasteiger partial charge in [0.15, 0.2) is 0 Å². The Morgan fingerprint density at radius 3 is 2.53 bits per heavy atom. The number of hydrogen-bond donors (Lipinski definition) is 1. The van der Waals surface area contributed by atoms with Crippen LogP contribution < -0.4 is 5.32 Å². The summed E-state index contributed by atoms with van der Waals surface area (Å²) in [6, 6.07) is 2.80. The number of nitrogens with one attached hydrogen (secondary N) is 1. The van der Waals surface area contributed by atoms with Gasteiger partial charge in [0, 0.05) is 6.54 Å². The fourth-order valence-corrected chi connectivity index (χ4v) is 1.70. The summed E-state index contributed by atoms with van der Waals surface area (Å²) >= 11 is 0. The average molecular weight is 247 g/mol. The zero-order chi connectivity index (χ0) is 12.5. The van der Waals surface area contributed by atoms with Crippen LogP contribution in [0.2, 0.25) is 0 Å². The van der Waals surface area contributed by atoms with Gasteiger partial charge < -0.3 is 5.32 Å². The molecular formula is C12H13F4N. The molecule has 0 unspecified atom stereocenters. The molecule has 0 heterocycles. The van der Waals surface area contributed by atoms with Crippen LogP contribution in [-0.2, 0) is 12.7 Å². The van der Waals surface area contributed by atoms with Crippen LogP contribution in [0.25, 0.3) is 0 Å². The van der Waals surface area contributed by atoms with Crippen molar-refractivity contribution in [2.45, 2.75) is 25.6 Å². The van der Waals surface area contributed by atoms with Crippen molar-refractivity contribution in [2.75, 3.05) is 6.54 Å². The SMILES string of the molecule is Fc1ccc(CNCC2CC2)c(C(F)(F)F)c1. The zero-order valence-corrected chi connectivity index (χ0v) is 9.15. The van der Waals surface area contributed by atoms with E-state index < -0.39 is 17.6 Å². The normalized spacial score (nSPS) is 16.2. The van der Waals surface area contributed by atoms with Gasteiger partial charge in [-0.2, -0.15) is 13.2 Å². The molecule has 1 aromatic carbocycles. The van der Waals surface area contributed by atoms with Gasteiger partial charge >= 0.3 is 6.18 Å². The summed E-state index contributed by atoms with van der Waals surface area (Å²) in [5.74, 6) is -0.256. The van der Waals surface area contributed by atoms with E-state index in [-0.39, 0.29) is 12.1 Å². The van der Waals surface area contributed by atoms with Crippen molar-refractivity contribution in [3.8, 4) is 0 Å². The van der Waals surface area contributed by atoms with Crippen molar-refractivity contribution in [2.24, 2.45) is 5.92 Å². The molecule has 1 aromatic rings. The van der Waals surface area contributed by atoms with Crippen LogP contribution in [0.4, 0.5) is 17.6 Å². The Morgan fingerprint density at radius 1 is 1.24 bits per heavy atom. The highest BCUT2D eigenvalue weighted by molar-refractivity contribution is 5.30. The smallest absolute Gasteiger partial charge is 0.312 e. The Balaban J connectivity index is 2.08. The monoisotopic (exact) mass is 247 g/mol. The maximum absolute atomic E-state index is 12.8. The largest absolute Gasteiger partial charge is 0.416 e. The lowest BCUT2D eigenvalue weighted by Gasteiger charge is -2.13. The van der Waals surface area contributed by atoms with Crippen LogP contribution in [0.3, 0.4) is 0 Å². The predicted octanol–water partition coefficient (Wildman–Crippen LogP) is 3.34. The third-order valence-electron chi connectivity index (χ3n) is 2.82. The summed E-state index contributed by atoms with van der Waals surface area (Å²) < 4.78 is 50.7. The first-order valence-corrected chi connectivity index (χ1v) is 5.53. The van der Waals surface area contributed by atoms with Gasteiger partial charge in [0.05, 0.1) is 5.56 Å². The molecule has 0 aliphatic heterocycles. The molecule has 2 rings (SSSR count). The molecule has 0 radical (unpaired) electrons.